The average Bonchev–Trinajstić information content (AvgIpc) is 3.20. The molecule has 2 N–H and O–H groups in total. The minimum Gasteiger partial charge on any atom is -0.480 e. The Hall–Kier alpha value is -1.19. The number of carbonyl (C=O) groups excluding carboxylic acids is 1. The van der Waals surface area contributed by atoms with Gasteiger partial charge in [0.25, 0.3) is 0 Å². The number of nitrogens with one attached hydrogen (secondary N) is 1. The van der Waals surface area contributed by atoms with Crippen LogP contribution < -0.4 is 4.72 Å². The Labute approximate surface area is 154 Å². The van der Waals surface area contributed by atoms with Crippen LogP contribution in [0.4, 0.5) is 0 Å². The highest BCUT2D eigenvalue weighted by atomic mass is 32.2. The Morgan fingerprint density at radius 2 is 1.88 bits per heavy atom. The van der Waals surface area contributed by atoms with Crippen molar-refractivity contribution in [1.29, 1.82) is 0 Å². The van der Waals surface area contributed by atoms with E-state index in [0.29, 0.717) is 38.0 Å². The maximum Gasteiger partial charge on any atom is 0.317 e. The molecule has 2 atom stereocenters. The lowest BCUT2D eigenvalue weighted by molar-refractivity contribution is -0.145. The lowest BCUT2D eigenvalue weighted by Gasteiger charge is -2.43. The summed E-state index contributed by atoms with van der Waals surface area (Å²) in [5, 5.41) is 8.36. The second kappa shape index (κ2) is 7.82. The number of hydrogen-bond donors (Lipinski definition) is 2. The predicted octanol–water partition coefficient (Wildman–Crippen LogP) is 0.575. The van der Waals surface area contributed by atoms with Gasteiger partial charge in [0.15, 0.2) is 0 Å². The van der Waals surface area contributed by atoms with Crippen LogP contribution in [0.5, 0.6) is 0 Å². The molecule has 3 fully saturated rings. The maximum absolute atomic E-state index is 12.7. The van der Waals surface area contributed by atoms with Crippen LogP contribution in [0.25, 0.3) is 0 Å². The highest BCUT2D eigenvalue weighted by molar-refractivity contribution is 7.90. The molecular weight excluding hydrogens is 360 g/mol. The molecule has 0 amide bonds. The number of carboxylic acids is 1. The summed E-state index contributed by atoms with van der Waals surface area (Å²) < 4.78 is 32.8. The van der Waals surface area contributed by atoms with E-state index in [9.17, 15) is 18.0 Å². The standard InChI is InChI=1S/C17H28N2O6S/c1-25-17(22)14-3-2-4-15(14)26(23,24)18-12-7-13(8-12)19(10-16(20)21)9-11-5-6-11/h11-15,18H,2-10H2,1H3,(H,20,21). The molecule has 0 saturated heterocycles. The van der Waals surface area contributed by atoms with Crippen LogP contribution >= 0.6 is 0 Å². The van der Waals surface area contributed by atoms with E-state index in [0.717, 1.165) is 19.4 Å². The average molecular weight is 388 g/mol. The van der Waals surface area contributed by atoms with Gasteiger partial charge in [-0.1, -0.05) is 6.42 Å². The number of rotatable bonds is 9. The van der Waals surface area contributed by atoms with E-state index in [1.165, 1.54) is 7.11 Å². The summed E-state index contributed by atoms with van der Waals surface area (Å²) in [6, 6.07) is -0.0706. The zero-order chi connectivity index (χ0) is 18.9. The van der Waals surface area contributed by atoms with Gasteiger partial charge in [0.05, 0.1) is 24.8 Å². The summed E-state index contributed by atoms with van der Waals surface area (Å²) in [6.07, 6.45) is 5.25. The van der Waals surface area contributed by atoms with Gasteiger partial charge < -0.3 is 9.84 Å². The molecule has 2 unspecified atom stereocenters. The monoisotopic (exact) mass is 388 g/mol. The zero-order valence-electron chi connectivity index (χ0n) is 15.1. The topological polar surface area (TPSA) is 113 Å². The van der Waals surface area contributed by atoms with Crippen LogP contribution in [0, 0.1) is 11.8 Å². The van der Waals surface area contributed by atoms with E-state index in [-0.39, 0.29) is 18.6 Å². The number of hydrogen-bond acceptors (Lipinski definition) is 6. The molecule has 3 saturated carbocycles. The fourth-order valence-electron chi connectivity index (χ4n) is 4.17. The summed E-state index contributed by atoms with van der Waals surface area (Å²) in [7, 11) is -2.31. The molecule has 3 aliphatic carbocycles. The molecule has 148 valence electrons. The van der Waals surface area contributed by atoms with E-state index in [1.807, 2.05) is 4.90 Å². The largest absolute Gasteiger partial charge is 0.480 e. The highest BCUT2D eigenvalue weighted by Crippen LogP contribution is 2.36. The second-order valence-electron chi connectivity index (χ2n) is 7.85. The third-order valence-electron chi connectivity index (χ3n) is 5.84. The first-order chi connectivity index (χ1) is 12.3. The minimum absolute atomic E-state index is 0.00762. The lowest BCUT2D eigenvalue weighted by Crippen LogP contribution is -2.56. The first kappa shape index (κ1) is 19.6. The van der Waals surface area contributed by atoms with Gasteiger partial charge in [-0.25, -0.2) is 13.1 Å². The van der Waals surface area contributed by atoms with Crippen molar-refractivity contribution in [3.05, 3.63) is 0 Å². The van der Waals surface area contributed by atoms with Crippen LogP contribution in [-0.2, 0) is 24.3 Å². The van der Waals surface area contributed by atoms with Crippen molar-refractivity contribution in [2.75, 3.05) is 20.2 Å². The molecule has 0 aromatic heterocycles. The van der Waals surface area contributed by atoms with Gasteiger partial charge in [-0.2, -0.15) is 0 Å². The first-order valence-electron chi connectivity index (χ1n) is 9.35. The Morgan fingerprint density at radius 3 is 2.46 bits per heavy atom. The SMILES string of the molecule is COC(=O)C1CCCC1S(=O)(=O)NC1CC(N(CC(=O)O)CC2CC2)C1. The van der Waals surface area contributed by atoms with Crippen molar-refractivity contribution >= 4 is 22.0 Å². The van der Waals surface area contributed by atoms with Crippen LogP contribution in [0.2, 0.25) is 0 Å². The van der Waals surface area contributed by atoms with Crippen molar-refractivity contribution in [1.82, 2.24) is 9.62 Å². The molecule has 9 heteroatoms. The molecule has 0 aromatic carbocycles. The number of carbonyl (C=O) groups is 2. The van der Waals surface area contributed by atoms with Gasteiger partial charge in [0.2, 0.25) is 10.0 Å². The number of aliphatic carboxylic acids is 1. The molecular formula is C17H28N2O6S. The fourth-order valence-corrected chi connectivity index (χ4v) is 6.16. The van der Waals surface area contributed by atoms with Crippen molar-refractivity contribution in [3.8, 4) is 0 Å². The normalized spacial score (nSPS) is 31.6. The second-order valence-corrected chi connectivity index (χ2v) is 9.78. The highest BCUT2D eigenvalue weighted by Gasteiger charge is 2.45. The smallest absolute Gasteiger partial charge is 0.317 e. The van der Waals surface area contributed by atoms with Gasteiger partial charge in [-0.3, -0.25) is 14.5 Å². The number of nitrogens with zero attached hydrogens (tertiary/aromatic N) is 1. The maximum atomic E-state index is 12.7. The third kappa shape index (κ3) is 4.55. The van der Waals surface area contributed by atoms with Crippen molar-refractivity contribution in [3.63, 3.8) is 0 Å². The lowest BCUT2D eigenvalue weighted by atomic mass is 9.86. The van der Waals surface area contributed by atoms with E-state index >= 15 is 0 Å². The van der Waals surface area contributed by atoms with Crippen molar-refractivity contribution in [2.24, 2.45) is 11.8 Å². The van der Waals surface area contributed by atoms with E-state index in [2.05, 4.69) is 4.72 Å². The number of sulfonamides is 1. The van der Waals surface area contributed by atoms with Crippen LogP contribution in [0.1, 0.15) is 44.9 Å². The van der Waals surface area contributed by atoms with Crippen LogP contribution in [0.3, 0.4) is 0 Å². The van der Waals surface area contributed by atoms with E-state index in [4.69, 9.17) is 9.84 Å². The Morgan fingerprint density at radius 1 is 1.19 bits per heavy atom. The number of ether oxygens (including phenoxy) is 1. The molecule has 26 heavy (non-hydrogen) atoms. The third-order valence-corrected chi connectivity index (χ3v) is 7.87. The van der Waals surface area contributed by atoms with Crippen LogP contribution in [0.15, 0.2) is 0 Å². The summed E-state index contributed by atoms with van der Waals surface area (Å²) in [4.78, 5) is 24.9. The van der Waals surface area contributed by atoms with Gasteiger partial charge in [-0.15, -0.1) is 0 Å². The number of esters is 1. The minimum atomic E-state index is -3.59. The van der Waals surface area contributed by atoms with Gasteiger partial charge in [0.1, 0.15) is 0 Å². The van der Waals surface area contributed by atoms with E-state index < -0.39 is 33.1 Å². The summed E-state index contributed by atoms with van der Waals surface area (Å²) in [5.41, 5.74) is 0. The number of methoxy groups -OCH3 is 1. The van der Waals surface area contributed by atoms with E-state index in [1.54, 1.807) is 0 Å². The fraction of sp³-hybridized carbons (Fsp3) is 0.882. The van der Waals surface area contributed by atoms with Crippen molar-refractivity contribution in [2.45, 2.75) is 62.3 Å². The molecule has 0 spiro atoms. The molecule has 3 rings (SSSR count). The molecule has 0 radical (unpaired) electrons. The Balaban J connectivity index is 1.53. The van der Waals surface area contributed by atoms with Crippen molar-refractivity contribution < 1.29 is 27.9 Å². The quantitative estimate of drug-likeness (QED) is 0.555. The van der Waals surface area contributed by atoms with Gasteiger partial charge in [0, 0.05) is 18.6 Å². The zero-order valence-corrected chi connectivity index (χ0v) is 15.9. The summed E-state index contributed by atoms with van der Waals surface area (Å²) >= 11 is 0. The number of carboxylic acid groups (broad SMARTS) is 1. The first-order valence-corrected chi connectivity index (χ1v) is 10.9. The molecule has 0 heterocycles. The summed E-state index contributed by atoms with van der Waals surface area (Å²) in [6.45, 7) is 0.789. The molecule has 3 aliphatic rings. The van der Waals surface area contributed by atoms with Gasteiger partial charge in [-0.05, 0) is 44.4 Å². The predicted molar refractivity (Wildman–Crippen MR) is 93.9 cm³/mol. The molecule has 0 aromatic rings. The Kier molecular flexibility index (Phi) is 5.88. The molecule has 0 bridgehead atoms. The summed E-state index contributed by atoms with van der Waals surface area (Å²) in [5.74, 6) is -1.31. The van der Waals surface area contributed by atoms with Crippen LogP contribution in [-0.4, -0.2) is 67.9 Å². The molecule has 0 aliphatic heterocycles. The van der Waals surface area contributed by atoms with Gasteiger partial charge >= 0.3 is 11.9 Å². The molecule has 8 nitrogen and oxygen atoms in total. The Bertz CT molecular complexity index is 642.